The van der Waals surface area contributed by atoms with E-state index in [-0.39, 0.29) is 18.4 Å². The number of hydrogen-bond acceptors (Lipinski definition) is 7. The van der Waals surface area contributed by atoms with Gasteiger partial charge in [-0.3, -0.25) is 14.2 Å². The lowest BCUT2D eigenvalue weighted by Crippen LogP contribution is -2.28. The average molecular weight is 377 g/mol. The number of carbonyl (C=O) groups excluding carboxylic acids is 1. The first kappa shape index (κ1) is 17.8. The van der Waals surface area contributed by atoms with Crippen molar-refractivity contribution < 1.29 is 9.32 Å². The van der Waals surface area contributed by atoms with Crippen LogP contribution in [-0.2, 0) is 11.2 Å². The molecule has 0 aliphatic heterocycles. The summed E-state index contributed by atoms with van der Waals surface area (Å²) in [6.45, 7) is 2.00. The van der Waals surface area contributed by atoms with Crippen LogP contribution < -0.4 is 5.32 Å². The van der Waals surface area contributed by atoms with Gasteiger partial charge in [0.1, 0.15) is 0 Å². The molecule has 0 bridgehead atoms. The molecule has 1 amide bonds. The molecule has 0 spiro atoms. The summed E-state index contributed by atoms with van der Waals surface area (Å²) in [5.74, 6) is 1.42. The Labute approximate surface area is 160 Å². The number of nitrogens with one attached hydrogen (secondary N) is 1. The quantitative estimate of drug-likeness (QED) is 0.526. The minimum absolute atomic E-state index is 0.0967. The van der Waals surface area contributed by atoms with Crippen LogP contribution in [0.5, 0.6) is 0 Å². The molecule has 9 nitrogen and oxygen atoms in total. The van der Waals surface area contributed by atoms with Gasteiger partial charge in [0, 0.05) is 49.4 Å². The van der Waals surface area contributed by atoms with Gasteiger partial charge in [0.2, 0.25) is 23.4 Å². The maximum Gasteiger partial charge on any atom is 0.233 e. The second-order valence-corrected chi connectivity index (χ2v) is 6.27. The second-order valence-electron chi connectivity index (χ2n) is 6.27. The van der Waals surface area contributed by atoms with E-state index in [0.29, 0.717) is 23.9 Å². The number of imidazole rings is 1. The van der Waals surface area contributed by atoms with Crippen molar-refractivity contribution >= 4 is 11.7 Å². The maximum absolute atomic E-state index is 12.4. The van der Waals surface area contributed by atoms with Crippen LogP contribution in [0.15, 0.2) is 53.7 Å². The SMILES string of the molecule is CC[C@@H](NC(=O)CCc1nc(-c2ccncc2)no1)c1cn2cccnc2n1. The second kappa shape index (κ2) is 7.95. The van der Waals surface area contributed by atoms with Crippen molar-refractivity contribution in [3.05, 3.63) is 60.8 Å². The molecular formula is C19H19N7O2. The molecule has 0 saturated heterocycles. The molecule has 4 heterocycles. The normalized spacial score (nSPS) is 12.2. The lowest BCUT2D eigenvalue weighted by atomic mass is 10.1. The molecule has 9 heteroatoms. The fraction of sp³-hybridized carbons (Fsp3) is 0.263. The maximum atomic E-state index is 12.4. The molecule has 4 aromatic rings. The fourth-order valence-corrected chi connectivity index (χ4v) is 2.86. The van der Waals surface area contributed by atoms with Gasteiger partial charge in [-0.05, 0) is 24.6 Å². The van der Waals surface area contributed by atoms with Crippen LogP contribution in [0.4, 0.5) is 0 Å². The van der Waals surface area contributed by atoms with Gasteiger partial charge in [0.05, 0.1) is 11.7 Å². The van der Waals surface area contributed by atoms with Crippen molar-refractivity contribution in [2.24, 2.45) is 0 Å². The predicted molar refractivity (Wildman–Crippen MR) is 100 cm³/mol. The van der Waals surface area contributed by atoms with Gasteiger partial charge < -0.3 is 9.84 Å². The van der Waals surface area contributed by atoms with E-state index < -0.39 is 0 Å². The van der Waals surface area contributed by atoms with Crippen LogP contribution in [0.3, 0.4) is 0 Å². The zero-order chi connectivity index (χ0) is 19.3. The molecule has 0 aliphatic carbocycles. The molecule has 0 fully saturated rings. The number of amides is 1. The summed E-state index contributed by atoms with van der Waals surface area (Å²) in [5.41, 5.74) is 1.60. The van der Waals surface area contributed by atoms with Crippen molar-refractivity contribution in [3.8, 4) is 11.4 Å². The highest BCUT2D eigenvalue weighted by Gasteiger charge is 2.17. The first-order valence-electron chi connectivity index (χ1n) is 9.05. The topological polar surface area (TPSA) is 111 Å². The van der Waals surface area contributed by atoms with E-state index in [4.69, 9.17) is 4.52 Å². The van der Waals surface area contributed by atoms with Crippen LogP contribution in [0.1, 0.15) is 37.4 Å². The van der Waals surface area contributed by atoms with E-state index in [2.05, 4.69) is 30.4 Å². The highest BCUT2D eigenvalue weighted by Crippen LogP contribution is 2.17. The highest BCUT2D eigenvalue weighted by molar-refractivity contribution is 5.76. The van der Waals surface area contributed by atoms with Crippen LogP contribution in [-0.4, -0.2) is 35.4 Å². The molecule has 0 saturated carbocycles. The van der Waals surface area contributed by atoms with E-state index in [0.717, 1.165) is 17.7 Å². The Balaban J connectivity index is 1.36. The van der Waals surface area contributed by atoms with Crippen molar-refractivity contribution in [2.45, 2.75) is 32.2 Å². The number of fused-ring (bicyclic) bond motifs is 1. The summed E-state index contributed by atoms with van der Waals surface area (Å²) in [4.78, 5) is 29.4. The standard InChI is InChI=1S/C19H19N7O2/c1-2-14(15-12-26-11-3-8-21-19(26)23-15)22-16(27)4-5-17-24-18(25-28-17)13-6-9-20-10-7-13/h3,6-12,14H,2,4-5H2,1H3,(H,22,27)/t14-/m1/s1. The van der Waals surface area contributed by atoms with Crippen LogP contribution in [0.2, 0.25) is 0 Å². The molecule has 28 heavy (non-hydrogen) atoms. The monoisotopic (exact) mass is 377 g/mol. The molecule has 4 aromatic heterocycles. The summed E-state index contributed by atoms with van der Waals surface area (Å²) in [6, 6.07) is 5.26. The van der Waals surface area contributed by atoms with Crippen molar-refractivity contribution in [3.63, 3.8) is 0 Å². The van der Waals surface area contributed by atoms with Crippen molar-refractivity contribution in [1.29, 1.82) is 0 Å². The fourth-order valence-electron chi connectivity index (χ4n) is 2.86. The summed E-state index contributed by atoms with van der Waals surface area (Å²) in [6.07, 6.45) is 10.1. The summed E-state index contributed by atoms with van der Waals surface area (Å²) in [5, 5.41) is 6.96. The zero-order valence-electron chi connectivity index (χ0n) is 15.3. The highest BCUT2D eigenvalue weighted by atomic mass is 16.5. The minimum atomic E-state index is -0.177. The number of carbonyl (C=O) groups is 1. The first-order valence-corrected chi connectivity index (χ1v) is 9.05. The van der Waals surface area contributed by atoms with E-state index in [1.54, 1.807) is 30.7 Å². The Kier molecular flexibility index (Phi) is 5.05. The molecule has 142 valence electrons. The van der Waals surface area contributed by atoms with Gasteiger partial charge in [-0.1, -0.05) is 12.1 Å². The molecule has 1 N–H and O–H groups in total. The van der Waals surface area contributed by atoms with E-state index in [1.807, 2.05) is 29.8 Å². The number of hydrogen-bond donors (Lipinski definition) is 1. The van der Waals surface area contributed by atoms with E-state index >= 15 is 0 Å². The van der Waals surface area contributed by atoms with Gasteiger partial charge in [0.25, 0.3) is 0 Å². The molecule has 0 unspecified atom stereocenters. The smallest absolute Gasteiger partial charge is 0.233 e. The van der Waals surface area contributed by atoms with E-state index in [9.17, 15) is 4.79 Å². The summed E-state index contributed by atoms with van der Waals surface area (Å²) in [7, 11) is 0. The third-order valence-corrected chi connectivity index (χ3v) is 4.33. The third-order valence-electron chi connectivity index (χ3n) is 4.33. The Bertz CT molecular complexity index is 1040. The van der Waals surface area contributed by atoms with Gasteiger partial charge in [0.15, 0.2) is 0 Å². The molecular weight excluding hydrogens is 358 g/mol. The lowest BCUT2D eigenvalue weighted by molar-refractivity contribution is -0.122. The molecule has 4 rings (SSSR count). The number of pyridine rings is 1. The summed E-state index contributed by atoms with van der Waals surface area (Å²) >= 11 is 0. The first-order chi connectivity index (χ1) is 13.7. The summed E-state index contributed by atoms with van der Waals surface area (Å²) < 4.78 is 7.08. The van der Waals surface area contributed by atoms with Crippen LogP contribution in [0, 0.1) is 0 Å². The Morgan fingerprint density at radius 1 is 1.25 bits per heavy atom. The van der Waals surface area contributed by atoms with Gasteiger partial charge in [-0.15, -0.1) is 0 Å². The van der Waals surface area contributed by atoms with Crippen LogP contribution in [0.25, 0.3) is 17.2 Å². The predicted octanol–water partition coefficient (Wildman–Crippen LogP) is 2.37. The van der Waals surface area contributed by atoms with Gasteiger partial charge >= 0.3 is 0 Å². The van der Waals surface area contributed by atoms with Crippen LogP contribution >= 0.6 is 0 Å². The number of nitrogens with zero attached hydrogens (tertiary/aromatic N) is 6. The average Bonchev–Trinajstić information content (AvgIpc) is 3.38. The van der Waals surface area contributed by atoms with Gasteiger partial charge in [-0.2, -0.15) is 4.98 Å². The largest absolute Gasteiger partial charge is 0.348 e. The Hall–Kier alpha value is -3.62. The zero-order valence-corrected chi connectivity index (χ0v) is 15.3. The van der Waals surface area contributed by atoms with Gasteiger partial charge in [-0.25, -0.2) is 9.97 Å². The van der Waals surface area contributed by atoms with Crippen molar-refractivity contribution in [1.82, 2.24) is 34.8 Å². The number of aryl methyl sites for hydroxylation is 1. The lowest BCUT2D eigenvalue weighted by Gasteiger charge is -2.14. The van der Waals surface area contributed by atoms with Crippen molar-refractivity contribution in [2.75, 3.05) is 0 Å². The molecule has 0 radical (unpaired) electrons. The molecule has 1 atom stereocenters. The van der Waals surface area contributed by atoms with E-state index in [1.165, 1.54) is 0 Å². The Morgan fingerprint density at radius 2 is 2.11 bits per heavy atom. The molecule has 0 aliphatic rings. The number of aromatic nitrogens is 6. The Morgan fingerprint density at radius 3 is 2.89 bits per heavy atom. The molecule has 0 aromatic carbocycles. The third kappa shape index (κ3) is 3.88. The minimum Gasteiger partial charge on any atom is -0.348 e. The number of rotatable bonds is 7.